The van der Waals surface area contributed by atoms with Crippen LogP contribution in [-0.4, -0.2) is 34.7 Å². The van der Waals surface area contributed by atoms with Crippen LogP contribution in [0.5, 0.6) is 0 Å². The number of carbonyl (C=O) groups is 2. The van der Waals surface area contributed by atoms with Crippen LogP contribution in [0.4, 0.5) is 4.79 Å². The zero-order chi connectivity index (χ0) is 15.1. The molecule has 0 aliphatic carbocycles. The van der Waals surface area contributed by atoms with E-state index < -0.39 is 18.1 Å². The summed E-state index contributed by atoms with van der Waals surface area (Å²) in [7, 11) is 0. The van der Waals surface area contributed by atoms with Gasteiger partial charge in [-0.2, -0.15) is 0 Å². The molecule has 1 rings (SSSR count). The lowest BCUT2D eigenvalue weighted by atomic mass is 10.0. The maximum atomic E-state index is 12.0. The molecule has 0 unspecified atom stereocenters. The Morgan fingerprint density at radius 2 is 1.85 bits per heavy atom. The van der Waals surface area contributed by atoms with Crippen molar-refractivity contribution in [3.63, 3.8) is 0 Å². The molecule has 0 saturated heterocycles. The van der Waals surface area contributed by atoms with Crippen LogP contribution in [0, 0.1) is 5.92 Å². The highest BCUT2D eigenvalue weighted by Crippen LogP contribution is 2.13. The zero-order valence-electron chi connectivity index (χ0n) is 12.1. The Bertz CT molecular complexity index is 444. The van der Waals surface area contributed by atoms with E-state index in [1.54, 1.807) is 20.8 Å². The van der Waals surface area contributed by atoms with E-state index in [2.05, 4.69) is 0 Å². The predicted molar refractivity (Wildman–Crippen MR) is 75.3 cm³/mol. The number of carboxylic acid groups (broad SMARTS) is 1. The summed E-state index contributed by atoms with van der Waals surface area (Å²) in [6.07, 6.45) is -0.600. The van der Waals surface area contributed by atoms with E-state index in [9.17, 15) is 14.7 Å². The number of rotatable bonds is 6. The van der Waals surface area contributed by atoms with Crippen LogP contribution in [0.15, 0.2) is 30.3 Å². The number of nitrogens with zero attached hydrogens (tertiary/aromatic N) is 1. The number of benzene rings is 1. The van der Waals surface area contributed by atoms with Crippen LogP contribution in [0.2, 0.25) is 0 Å². The van der Waals surface area contributed by atoms with Crippen LogP contribution in [-0.2, 0) is 16.1 Å². The van der Waals surface area contributed by atoms with Gasteiger partial charge in [0.15, 0.2) is 0 Å². The molecule has 0 fully saturated rings. The molecule has 5 nitrogen and oxygen atoms in total. The molecule has 1 amide bonds. The third-order valence-corrected chi connectivity index (χ3v) is 3.00. The Labute approximate surface area is 119 Å². The fourth-order valence-corrected chi connectivity index (χ4v) is 2.02. The first kappa shape index (κ1) is 16.0. The van der Waals surface area contributed by atoms with Gasteiger partial charge in [0.05, 0.1) is 0 Å². The average molecular weight is 279 g/mol. The second kappa shape index (κ2) is 7.53. The highest BCUT2D eigenvalue weighted by Gasteiger charge is 2.32. The minimum absolute atomic E-state index is 0.139. The van der Waals surface area contributed by atoms with Crippen molar-refractivity contribution in [3.05, 3.63) is 35.9 Å². The zero-order valence-corrected chi connectivity index (χ0v) is 12.1. The number of hydrogen-bond acceptors (Lipinski definition) is 3. The number of ether oxygens (including phenoxy) is 1. The standard InChI is InChI=1S/C15H21NO4/c1-4-16(13(11(2)3)14(17)18)15(19)20-10-12-8-6-5-7-9-12/h5-9,11,13H,4,10H2,1-3H3,(H,17,18)/t13-/m0/s1. The lowest BCUT2D eigenvalue weighted by Crippen LogP contribution is -2.48. The third kappa shape index (κ3) is 4.26. The first-order valence-electron chi connectivity index (χ1n) is 6.67. The minimum atomic E-state index is -1.02. The molecular formula is C15H21NO4. The van der Waals surface area contributed by atoms with E-state index in [1.807, 2.05) is 30.3 Å². The van der Waals surface area contributed by atoms with E-state index in [0.717, 1.165) is 5.56 Å². The molecule has 20 heavy (non-hydrogen) atoms. The Balaban J connectivity index is 2.69. The molecule has 0 spiro atoms. The summed E-state index contributed by atoms with van der Waals surface area (Å²) in [4.78, 5) is 24.6. The number of hydrogen-bond donors (Lipinski definition) is 1. The number of likely N-dealkylation sites (N-methyl/N-ethyl adjacent to an activating group) is 1. The van der Waals surface area contributed by atoms with Crippen LogP contribution >= 0.6 is 0 Å². The first-order valence-corrected chi connectivity index (χ1v) is 6.67. The maximum Gasteiger partial charge on any atom is 0.410 e. The van der Waals surface area contributed by atoms with Gasteiger partial charge in [0.1, 0.15) is 12.6 Å². The van der Waals surface area contributed by atoms with Crippen molar-refractivity contribution in [2.45, 2.75) is 33.4 Å². The van der Waals surface area contributed by atoms with Gasteiger partial charge >= 0.3 is 12.1 Å². The molecule has 0 aliphatic rings. The van der Waals surface area contributed by atoms with Crippen LogP contribution in [0.3, 0.4) is 0 Å². The fourth-order valence-electron chi connectivity index (χ4n) is 2.02. The van der Waals surface area contributed by atoms with Crippen molar-refractivity contribution in [2.75, 3.05) is 6.54 Å². The molecule has 0 heterocycles. The monoisotopic (exact) mass is 279 g/mol. The van der Waals surface area contributed by atoms with Crippen molar-refractivity contribution in [3.8, 4) is 0 Å². The van der Waals surface area contributed by atoms with Gasteiger partial charge in [-0.05, 0) is 18.4 Å². The molecule has 0 aromatic heterocycles. The summed E-state index contributed by atoms with van der Waals surface area (Å²) >= 11 is 0. The highest BCUT2D eigenvalue weighted by molar-refractivity contribution is 5.80. The van der Waals surface area contributed by atoms with Gasteiger partial charge < -0.3 is 9.84 Å². The lowest BCUT2D eigenvalue weighted by molar-refractivity contribution is -0.144. The van der Waals surface area contributed by atoms with Crippen LogP contribution < -0.4 is 0 Å². The summed E-state index contributed by atoms with van der Waals surface area (Å²) in [5.41, 5.74) is 0.869. The van der Waals surface area contributed by atoms with E-state index in [1.165, 1.54) is 4.90 Å². The van der Waals surface area contributed by atoms with Crippen molar-refractivity contribution < 1.29 is 19.4 Å². The number of carboxylic acids is 1. The Morgan fingerprint density at radius 3 is 2.30 bits per heavy atom. The molecule has 0 aliphatic heterocycles. The van der Waals surface area contributed by atoms with Gasteiger partial charge in [-0.15, -0.1) is 0 Å². The van der Waals surface area contributed by atoms with Gasteiger partial charge in [-0.3, -0.25) is 4.90 Å². The molecule has 1 aromatic rings. The quantitative estimate of drug-likeness (QED) is 0.869. The third-order valence-electron chi connectivity index (χ3n) is 3.00. The average Bonchev–Trinajstić information content (AvgIpc) is 2.42. The number of carbonyl (C=O) groups excluding carboxylic acids is 1. The number of amides is 1. The van der Waals surface area contributed by atoms with Crippen molar-refractivity contribution >= 4 is 12.1 Å². The Kier molecular flexibility index (Phi) is 6.03. The molecule has 1 aromatic carbocycles. The van der Waals surface area contributed by atoms with Crippen molar-refractivity contribution in [2.24, 2.45) is 5.92 Å². The van der Waals surface area contributed by atoms with Gasteiger partial charge in [-0.25, -0.2) is 9.59 Å². The topological polar surface area (TPSA) is 66.8 Å². The lowest BCUT2D eigenvalue weighted by Gasteiger charge is -2.29. The van der Waals surface area contributed by atoms with Crippen molar-refractivity contribution in [1.29, 1.82) is 0 Å². The summed E-state index contributed by atoms with van der Waals surface area (Å²) in [6.45, 7) is 5.71. The van der Waals surface area contributed by atoms with Crippen molar-refractivity contribution in [1.82, 2.24) is 4.90 Å². The van der Waals surface area contributed by atoms with E-state index in [4.69, 9.17) is 4.74 Å². The van der Waals surface area contributed by atoms with Gasteiger partial charge in [-0.1, -0.05) is 44.2 Å². The molecule has 110 valence electrons. The first-order chi connectivity index (χ1) is 9.47. The number of aliphatic carboxylic acids is 1. The Hall–Kier alpha value is -2.04. The van der Waals surface area contributed by atoms with E-state index >= 15 is 0 Å². The maximum absolute atomic E-state index is 12.0. The summed E-state index contributed by atoms with van der Waals surface area (Å²) in [5, 5.41) is 9.23. The van der Waals surface area contributed by atoms with Gasteiger partial charge in [0, 0.05) is 6.54 Å². The van der Waals surface area contributed by atoms with E-state index in [0.29, 0.717) is 6.54 Å². The van der Waals surface area contributed by atoms with E-state index in [-0.39, 0.29) is 12.5 Å². The second-order valence-electron chi connectivity index (χ2n) is 4.85. The molecule has 5 heteroatoms. The highest BCUT2D eigenvalue weighted by atomic mass is 16.6. The summed E-state index contributed by atoms with van der Waals surface area (Å²) in [6, 6.07) is 8.41. The summed E-state index contributed by atoms with van der Waals surface area (Å²) < 4.78 is 5.19. The van der Waals surface area contributed by atoms with Gasteiger partial charge in [0.25, 0.3) is 0 Å². The van der Waals surface area contributed by atoms with Crippen LogP contribution in [0.1, 0.15) is 26.3 Å². The second-order valence-corrected chi connectivity index (χ2v) is 4.85. The molecule has 0 radical (unpaired) electrons. The SMILES string of the molecule is CCN(C(=O)OCc1ccccc1)[C@H](C(=O)O)C(C)C. The molecular weight excluding hydrogens is 258 g/mol. The normalized spacial score (nSPS) is 12.0. The van der Waals surface area contributed by atoms with Crippen LogP contribution in [0.25, 0.3) is 0 Å². The fraction of sp³-hybridized carbons (Fsp3) is 0.467. The molecule has 1 N–H and O–H groups in total. The molecule has 0 bridgehead atoms. The largest absolute Gasteiger partial charge is 0.480 e. The molecule has 1 atom stereocenters. The molecule has 0 saturated carbocycles. The smallest absolute Gasteiger partial charge is 0.410 e. The Morgan fingerprint density at radius 1 is 1.25 bits per heavy atom. The predicted octanol–water partition coefficient (Wildman–Crippen LogP) is 2.75. The summed E-state index contributed by atoms with van der Waals surface area (Å²) in [5.74, 6) is -1.20. The van der Waals surface area contributed by atoms with Gasteiger partial charge in [0.2, 0.25) is 0 Å². The minimum Gasteiger partial charge on any atom is -0.480 e.